The average molecular weight is 556 g/mol. The summed E-state index contributed by atoms with van der Waals surface area (Å²) in [6.45, 7) is 5.84. The van der Waals surface area contributed by atoms with Crippen LogP contribution in [0, 0.1) is 11.8 Å². The van der Waals surface area contributed by atoms with Crippen molar-refractivity contribution in [1.29, 1.82) is 0 Å². The number of amides is 3. The number of nitrogens with zero attached hydrogens (tertiary/aromatic N) is 3. The van der Waals surface area contributed by atoms with Gasteiger partial charge in [-0.1, -0.05) is 49.8 Å². The Balaban J connectivity index is 1.61. The number of rotatable bonds is 9. The molecule has 5 atom stereocenters. The summed E-state index contributed by atoms with van der Waals surface area (Å²) >= 11 is 6.12. The SMILES string of the molecule is CCCN1CC=C[C@]2(CC)O[C@]34C=CCN(c5ccc(Cl)cc5)C(=O)C3N(CCCCCO)C(=O)[C@@H]4[C@@H]2C1=O. The van der Waals surface area contributed by atoms with Gasteiger partial charge in [-0.2, -0.15) is 0 Å². The summed E-state index contributed by atoms with van der Waals surface area (Å²) in [5.41, 5.74) is -1.55. The van der Waals surface area contributed by atoms with Crippen LogP contribution in [0.5, 0.6) is 0 Å². The number of hydrogen-bond donors (Lipinski definition) is 1. The van der Waals surface area contributed by atoms with Crippen molar-refractivity contribution in [3.05, 3.63) is 53.6 Å². The van der Waals surface area contributed by atoms with E-state index in [0.717, 1.165) is 12.8 Å². The zero-order chi connectivity index (χ0) is 27.8. The number of aliphatic hydroxyl groups excluding tert-OH is 1. The molecule has 39 heavy (non-hydrogen) atoms. The van der Waals surface area contributed by atoms with Gasteiger partial charge < -0.3 is 24.5 Å². The lowest BCUT2D eigenvalue weighted by Gasteiger charge is -2.38. The van der Waals surface area contributed by atoms with E-state index in [-0.39, 0.29) is 24.3 Å². The van der Waals surface area contributed by atoms with Crippen LogP contribution in [0.2, 0.25) is 5.02 Å². The Morgan fingerprint density at radius 3 is 2.36 bits per heavy atom. The molecule has 1 unspecified atom stereocenters. The van der Waals surface area contributed by atoms with Gasteiger partial charge in [0.25, 0.3) is 5.91 Å². The minimum atomic E-state index is -1.26. The molecule has 3 amide bonds. The number of likely N-dealkylation sites (tertiary alicyclic amines) is 1. The number of halogens is 1. The molecule has 1 spiro atoms. The van der Waals surface area contributed by atoms with E-state index in [9.17, 15) is 19.5 Å². The summed E-state index contributed by atoms with van der Waals surface area (Å²) in [6, 6.07) is 6.17. The van der Waals surface area contributed by atoms with Gasteiger partial charge in [0.15, 0.2) is 0 Å². The van der Waals surface area contributed by atoms with Gasteiger partial charge >= 0.3 is 0 Å². The van der Waals surface area contributed by atoms with E-state index in [1.54, 1.807) is 34.1 Å². The summed E-state index contributed by atoms with van der Waals surface area (Å²) in [5.74, 6) is -2.05. The van der Waals surface area contributed by atoms with Crippen molar-refractivity contribution < 1.29 is 24.2 Å². The van der Waals surface area contributed by atoms with Crippen molar-refractivity contribution >= 4 is 35.0 Å². The summed E-state index contributed by atoms with van der Waals surface area (Å²) in [5, 5.41) is 9.84. The van der Waals surface area contributed by atoms with Crippen LogP contribution in [0.15, 0.2) is 48.6 Å². The van der Waals surface area contributed by atoms with Crippen molar-refractivity contribution in [3.8, 4) is 0 Å². The third-order valence-electron chi connectivity index (χ3n) is 8.71. The predicted molar refractivity (Wildman–Crippen MR) is 149 cm³/mol. The smallest absolute Gasteiger partial charge is 0.253 e. The number of hydrogen-bond acceptors (Lipinski definition) is 5. The summed E-state index contributed by atoms with van der Waals surface area (Å²) in [4.78, 5) is 48.0. The normalized spacial score (nSPS) is 31.8. The molecular formula is C30H38ClN3O5. The highest BCUT2D eigenvalue weighted by Crippen LogP contribution is 2.58. The quantitative estimate of drug-likeness (QED) is 0.371. The second-order valence-electron chi connectivity index (χ2n) is 11.0. The van der Waals surface area contributed by atoms with Gasteiger partial charge in [-0.15, -0.1) is 0 Å². The lowest BCUT2D eigenvalue weighted by atomic mass is 9.73. The first-order valence-corrected chi connectivity index (χ1v) is 14.5. The molecule has 4 heterocycles. The lowest BCUT2D eigenvalue weighted by Crippen LogP contribution is -2.56. The van der Waals surface area contributed by atoms with Crippen LogP contribution in [-0.2, 0) is 19.1 Å². The molecule has 4 aliphatic heterocycles. The Morgan fingerprint density at radius 2 is 1.67 bits per heavy atom. The highest BCUT2D eigenvalue weighted by molar-refractivity contribution is 6.30. The number of benzene rings is 1. The molecule has 1 N–H and O–H groups in total. The molecular weight excluding hydrogens is 518 g/mol. The maximum Gasteiger partial charge on any atom is 0.253 e. The topological polar surface area (TPSA) is 90.4 Å². The van der Waals surface area contributed by atoms with Crippen LogP contribution in [0.1, 0.15) is 46.0 Å². The first-order valence-electron chi connectivity index (χ1n) is 14.2. The molecule has 0 radical (unpaired) electrons. The molecule has 1 aromatic carbocycles. The number of aliphatic hydroxyl groups is 1. The first kappa shape index (κ1) is 27.9. The molecule has 1 aromatic rings. The standard InChI is InChI=1S/C30H38ClN3O5/c1-3-16-32-17-8-14-29(4-2)23(26(32)36)24-27(37)34(18-6-5-7-20-35)25-28(38)33(19-9-15-30(24,25)39-29)22-12-10-21(31)11-13-22/h8-15,23-25,35H,3-7,16-20H2,1-2H3/t23-,24+,25?,29+,30+/m1/s1. The highest BCUT2D eigenvalue weighted by atomic mass is 35.5. The van der Waals surface area contributed by atoms with Gasteiger partial charge in [0, 0.05) is 43.5 Å². The molecule has 0 aliphatic carbocycles. The molecule has 5 rings (SSSR count). The molecule has 8 nitrogen and oxygen atoms in total. The van der Waals surface area contributed by atoms with Gasteiger partial charge in [-0.05, 0) is 56.4 Å². The fourth-order valence-electron chi connectivity index (χ4n) is 6.95. The van der Waals surface area contributed by atoms with Crippen LogP contribution in [0.3, 0.4) is 0 Å². The fourth-order valence-corrected chi connectivity index (χ4v) is 7.07. The van der Waals surface area contributed by atoms with E-state index in [1.165, 1.54) is 0 Å². The molecule has 4 aliphatic rings. The molecule has 0 aromatic heterocycles. The van der Waals surface area contributed by atoms with Crippen LogP contribution in [0.4, 0.5) is 5.69 Å². The summed E-state index contributed by atoms with van der Waals surface area (Å²) in [7, 11) is 0. The highest BCUT2D eigenvalue weighted by Gasteiger charge is 2.75. The summed E-state index contributed by atoms with van der Waals surface area (Å²) < 4.78 is 6.98. The van der Waals surface area contributed by atoms with E-state index < -0.39 is 29.1 Å². The number of fused-ring (bicyclic) bond motifs is 2. The average Bonchev–Trinajstić information content (AvgIpc) is 3.22. The van der Waals surface area contributed by atoms with Gasteiger partial charge in [0.2, 0.25) is 11.8 Å². The Kier molecular flexibility index (Phi) is 7.91. The van der Waals surface area contributed by atoms with Gasteiger partial charge in [0.1, 0.15) is 11.6 Å². The second-order valence-corrected chi connectivity index (χ2v) is 11.4. The van der Waals surface area contributed by atoms with Crippen molar-refractivity contribution in [2.45, 2.75) is 63.2 Å². The van der Waals surface area contributed by atoms with E-state index in [0.29, 0.717) is 56.2 Å². The van der Waals surface area contributed by atoms with Crippen molar-refractivity contribution in [3.63, 3.8) is 0 Å². The molecule has 2 saturated heterocycles. The van der Waals surface area contributed by atoms with Crippen molar-refractivity contribution in [2.75, 3.05) is 37.7 Å². The third-order valence-corrected chi connectivity index (χ3v) is 8.96. The molecule has 210 valence electrons. The number of ether oxygens (including phenoxy) is 1. The van der Waals surface area contributed by atoms with E-state index in [1.807, 2.05) is 43.1 Å². The predicted octanol–water partition coefficient (Wildman–Crippen LogP) is 3.57. The lowest BCUT2D eigenvalue weighted by molar-refractivity contribution is -0.150. The number of carbonyl (C=O) groups is 3. The minimum Gasteiger partial charge on any atom is -0.396 e. The molecule has 0 bridgehead atoms. The zero-order valence-electron chi connectivity index (χ0n) is 22.7. The van der Waals surface area contributed by atoms with Crippen LogP contribution >= 0.6 is 11.6 Å². The number of anilines is 1. The Labute approximate surface area is 235 Å². The van der Waals surface area contributed by atoms with E-state index >= 15 is 0 Å². The Hall–Kier alpha value is -2.68. The fraction of sp³-hybridized carbons (Fsp3) is 0.567. The largest absolute Gasteiger partial charge is 0.396 e. The number of unbranched alkanes of at least 4 members (excludes halogenated alkanes) is 2. The number of carbonyl (C=O) groups excluding carboxylic acids is 3. The first-order chi connectivity index (χ1) is 18.8. The van der Waals surface area contributed by atoms with E-state index in [4.69, 9.17) is 16.3 Å². The second kappa shape index (κ2) is 11.1. The molecule has 0 saturated carbocycles. The summed E-state index contributed by atoms with van der Waals surface area (Å²) in [6.07, 6.45) is 11.0. The van der Waals surface area contributed by atoms with Gasteiger partial charge in [0.05, 0.1) is 17.4 Å². The zero-order valence-corrected chi connectivity index (χ0v) is 23.5. The van der Waals surface area contributed by atoms with E-state index in [2.05, 4.69) is 0 Å². The van der Waals surface area contributed by atoms with Crippen LogP contribution in [0.25, 0.3) is 0 Å². The Morgan fingerprint density at radius 1 is 0.923 bits per heavy atom. The van der Waals surface area contributed by atoms with Crippen molar-refractivity contribution in [1.82, 2.24) is 9.80 Å². The van der Waals surface area contributed by atoms with Crippen LogP contribution < -0.4 is 4.90 Å². The van der Waals surface area contributed by atoms with Gasteiger partial charge in [-0.3, -0.25) is 14.4 Å². The maximum atomic E-state index is 14.4. The van der Waals surface area contributed by atoms with Crippen LogP contribution in [-0.4, -0.2) is 82.7 Å². The molecule has 9 heteroatoms. The monoisotopic (exact) mass is 555 g/mol. The Bertz CT molecular complexity index is 1170. The third kappa shape index (κ3) is 4.50. The van der Waals surface area contributed by atoms with Gasteiger partial charge in [-0.25, -0.2) is 0 Å². The van der Waals surface area contributed by atoms with Crippen molar-refractivity contribution in [2.24, 2.45) is 11.8 Å². The maximum absolute atomic E-state index is 14.4. The molecule has 2 fully saturated rings. The minimum absolute atomic E-state index is 0.0776.